The second-order valence-corrected chi connectivity index (χ2v) is 4.21. The van der Waals surface area contributed by atoms with Gasteiger partial charge in [0.15, 0.2) is 0 Å². The normalized spacial score (nSPS) is 27.2. The van der Waals surface area contributed by atoms with Crippen LogP contribution in [0.1, 0.15) is 18.3 Å². The molecule has 1 aliphatic heterocycles. The highest BCUT2D eigenvalue weighted by Gasteiger charge is 2.26. The van der Waals surface area contributed by atoms with Crippen LogP contribution >= 0.6 is 0 Å². The van der Waals surface area contributed by atoms with E-state index in [9.17, 15) is 0 Å². The largest absolute Gasteiger partial charge is 0.394 e. The lowest BCUT2D eigenvalue weighted by Crippen LogP contribution is -2.48. The zero-order valence-corrected chi connectivity index (χ0v) is 9.59. The first-order valence-corrected chi connectivity index (χ1v) is 5.45. The molecule has 1 N–H and O–H groups in total. The minimum atomic E-state index is -0.101. The molecule has 90 valence electrons. The summed E-state index contributed by atoms with van der Waals surface area (Å²) in [4.78, 5) is 2.22. The van der Waals surface area contributed by atoms with Crippen molar-refractivity contribution in [3.8, 4) is 0 Å². The first-order valence-electron chi connectivity index (χ1n) is 5.45. The van der Waals surface area contributed by atoms with Crippen LogP contribution < -0.4 is 0 Å². The molecule has 1 aromatic heterocycles. The highest BCUT2D eigenvalue weighted by molar-refractivity contribution is 5.04. The third-order valence-corrected chi connectivity index (χ3v) is 2.94. The van der Waals surface area contributed by atoms with Crippen LogP contribution in [0.3, 0.4) is 0 Å². The summed E-state index contributed by atoms with van der Waals surface area (Å²) in [5, 5.41) is 16.7. The Kier molecular flexibility index (Phi) is 3.52. The van der Waals surface area contributed by atoms with Gasteiger partial charge < -0.3 is 9.84 Å². The highest BCUT2D eigenvalue weighted by Crippen LogP contribution is 2.15. The first-order chi connectivity index (χ1) is 7.70. The molecule has 2 unspecified atom stereocenters. The van der Waals surface area contributed by atoms with Crippen molar-refractivity contribution in [3.05, 3.63) is 11.4 Å². The summed E-state index contributed by atoms with van der Waals surface area (Å²) < 4.78 is 10.1. The second-order valence-electron chi connectivity index (χ2n) is 4.21. The smallest absolute Gasteiger partial charge is 0.122 e. The van der Waals surface area contributed by atoms with E-state index in [1.54, 1.807) is 0 Å². The first kappa shape index (κ1) is 11.5. The van der Waals surface area contributed by atoms with E-state index in [4.69, 9.17) is 9.84 Å². The fraction of sp³-hybridized carbons (Fsp3) is 0.800. The number of aryl methyl sites for hydroxylation is 1. The van der Waals surface area contributed by atoms with Crippen molar-refractivity contribution >= 4 is 0 Å². The lowest BCUT2D eigenvalue weighted by Gasteiger charge is -2.36. The molecule has 1 fully saturated rings. The molecule has 2 atom stereocenters. The van der Waals surface area contributed by atoms with Crippen LogP contribution in [0.4, 0.5) is 0 Å². The third-order valence-electron chi connectivity index (χ3n) is 2.94. The summed E-state index contributed by atoms with van der Waals surface area (Å²) in [7, 11) is 0. The maximum Gasteiger partial charge on any atom is 0.122 e. The molecule has 0 saturated carbocycles. The van der Waals surface area contributed by atoms with Crippen LogP contribution in [0.2, 0.25) is 0 Å². The summed E-state index contributed by atoms with van der Waals surface area (Å²) in [6, 6.07) is 0.318. The number of ether oxygens (including phenoxy) is 1. The fourth-order valence-electron chi connectivity index (χ4n) is 1.79. The van der Waals surface area contributed by atoms with E-state index in [2.05, 4.69) is 26.8 Å². The van der Waals surface area contributed by atoms with Crippen LogP contribution in [0.15, 0.2) is 4.63 Å². The Morgan fingerprint density at radius 3 is 2.94 bits per heavy atom. The van der Waals surface area contributed by atoms with Gasteiger partial charge in [0.25, 0.3) is 0 Å². The van der Waals surface area contributed by atoms with Gasteiger partial charge in [-0.05, 0) is 13.8 Å². The number of hydrogen-bond acceptors (Lipinski definition) is 6. The van der Waals surface area contributed by atoms with Gasteiger partial charge in [0, 0.05) is 19.1 Å². The molecule has 0 radical (unpaired) electrons. The minimum Gasteiger partial charge on any atom is -0.394 e. The number of aromatic nitrogens is 2. The van der Waals surface area contributed by atoms with Gasteiger partial charge >= 0.3 is 0 Å². The molecule has 1 aliphatic rings. The van der Waals surface area contributed by atoms with Gasteiger partial charge in [-0.1, -0.05) is 10.3 Å². The number of hydrogen-bond donors (Lipinski definition) is 1. The molecule has 0 bridgehead atoms. The zero-order valence-electron chi connectivity index (χ0n) is 9.59. The lowest BCUT2D eigenvalue weighted by molar-refractivity contribution is -0.0810. The molecule has 0 aromatic carbocycles. The van der Waals surface area contributed by atoms with Crippen molar-refractivity contribution in [2.75, 3.05) is 19.8 Å². The maximum absolute atomic E-state index is 9.08. The van der Waals surface area contributed by atoms with E-state index in [-0.39, 0.29) is 12.7 Å². The van der Waals surface area contributed by atoms with Crippen molar-refractivity contribution < 1.29 is 14.5 Å². The molecule has 6 heteroatoms. The Bertz CT molecular complexity index is 342. The Morgan fingerprint density at radius 2 is 2.31 bits per heavy atom. The van der Waals surface area contributed by atoms with Crippen LogP contribution in [0.5, 0.6) is 0 Å². The van der Waals surface area contributed by atoms with Gasteiger partial charge in [-0.25, -0.2) is 4.63 Å². The molecular weight excluding hydrogens is 210 g/mol. The molecule has 1 aromatic rings. The molecule has 6 nitrogen and oxygen atoms in total. The van der Waals surface area contributed by atoms with Crippen molar-refractivity contribution in [3.63, 3.8) is 0 Å². The van der Waals surface area contributed by atoms with Gasteiger partial charge in [-0.2, -0.15) is 0 Å². The molecule has 0 amide bonds. The minimum absolute atomic E-state index is 0.0548. The van der Waals surface area contributed by atoms with Crippen LogP contribution in [0, 0.1) is 6.92 Å². The monoisotopic (exact) mass is 227 g/mol. The standard InChI is InChI=1S/C10H17N3O3/c1-7-6-15-9(5-14)3-13(7)4-10-8(2)11-16-12-10/h7,9,14H,3-6H2,1-2H3. The van der Waals surface area contributed by atoms with E-state index < -0.39 is 0 Å². The number of aliphatic hydroxyl groups is 1. The fourth-order valence-corrected chi connectivity index (χ4v) is 1.79. The molecule has 2 rings (SSSR count). The van der Waals surface area contributed by atoms with E-state index in [1.807, 2.05) is 6.92 Å². The SMILES string of the molecule is Cc1nonc1CN1CC(CO)OCC1C. The van der Waals surface area contributed by atoms with Crippen LogP contribution in [-0.4, -0.2) is 52.2 Å². The lowest BCUT2D eigenvalue weighted by atomic mass is 10.2. The molecule has 0 spiro atoms. The van der Waals surface area contributed by atoms with Crippen molar-refractivity contribution in [2.45, 2.75) is 32.5 Å². The average Bonchev–Trinajstić information content (AvgIpc) is 2.68. The molecule has 2 heterocycles. The van der Waals surface area contributed by atoms with Crippen LogP contribution in [-0.2, 0) is 11.3 Å². The van der Waals surface area contributed by atoms with E-state index in [0.29, 0.717) is 25.7 Å². The van der Waals surface area contributed by atoms with Gasteiger partial charge in [-0.3, -0.25) is 4.90 Å². The predicted molar refractivity (Wildman–Crippen MR) is 55.7 cm³/mol. The number of nitrogens with zero attached hydrogens (tertiary/aromatic N) is 3. The summed E-state index contributed by atoms with van der Waals surface area (Å²) in [5.41, 5.74) is 1.67. The van der Waals surface area contributed by atoms with Crippen LogP contribution in [0.25, 0.3) is 0 Å². The van der Waals surface area contributed by atoms with Crippen molar-refractivity contribution in [2.24, 2.45) is 0 Å². The summed E-state index contributed by atoms with van der Waals surface area (Å²) in [6.07, 6.45) is -0.101. The maximum atomic E-state index is 9.08. The van der Waals surface area contributed by atoms with E-state index in [0.717, 1.165) is 11.4 Å². The van der Waals surface area contributed by atoms with Gasteiger partial charge in [0.2, 0.25) is 0 Å². The Balaban J connectivity index is 1.99. The van der Waals surface area contributed by atoms with Crippen molar-refractivity contribution in [1.82, 2.24) is 15.2 Å². The Morgan fingerprint density at radius 1 is 1.50 bits per heavy atom. The molecule has 0 aliphatic carbocycles. The Labute approximate surface area is 94.1 Å². The van der Waals surface area contributed by atoms with E-state index in [1.165, 1.54) is 0 Å². The molecule has 1 saturated heterocycles. The molecular formula is C10H17N3O3. The number of morpholine rings is 1. The Hall–Kier alpha value is -0.980. The quantitative estimate of drug-likeness (QED) is 0.781. The zero-order chi connectivity index (χ0) is 11.5. The highest BCUT2D eigenvalue weighted by atomic mass is 16.6. The third kappa shape index (κ3) is 2.40. The number of aliphatic hydroxyl groups excluding tert-OH is 1. The summed E-state index contributed by atoms with van der Waals surface area (Å²) in [6.45, 7) is 6.06. The topological polar surface area (TPSA) is 71.6 Å². The van der Waals surface area contributed by atoms with Gasteiger partial charge in [0.1, 0.15) is 11.4 Å². The van der Waals surface area contributed by atoms with Crippen molar-refractivity contribution in [1.29, 1.82) is 0 Å². The molecule has 16 heavy (non-hydrogen) atoms. The van der Waals surface area contributed by atoms with Gasteiger partial charge in [-0.15, -0.1) is 0 Å². The van der Waals surface area contributed by atoms with E-state index >= 15 is 0 Å². The van der Waals surface area contributed by atoms with Gasteiger partial charge in [0.05, 0.1) is 19.3 Å². The number of rotatable bonds is 3. The average molecular weight is 227 g/mol. The summed E-state index contributed by atoms with van der Waals surface area (Å²) >= 11 is 0. The predicted octanol–water partition coefficient (Wildman–Crippen LogP) is -0.0404. The summed E-state index contributed by atoms with van der Waals surface area (Å²) in [5.74, 6) is 0. The second kappa shape index (κ2) is 4.90.